The number of aliphatic hydroxyl groups is 1. The first-order valence-electron chi connectivity index (χ1n) is 13.5. The zero-order valence-corrected chi connectivity index (χ0v) is 26.9. The van der Waals surface area contributed by atoms with Crippen molar-refractivity contribution >= 4 is 68.0 Å². The number of nitrogens with one attached hydrogen (secondary N) is 1. The minimum Gasteiger partial charge on any atom is -0.512 e. The van der Waals surface area contributed by atoms with Crippen LogP contribution in [0.5, 0.6) is 11.5 Å². The molecule has 5 rings (SSSR count). The first-order chi connectivity index (χ1) is 20.3. The van der Waals surface area contributed by atoms with Crippen molar-refractivity contribution in [2.24, 2.45) is 5.92 Å². The topological polar surface area (TPSA) is 113 Å². The van der Waals surface area contributed by atoms with Gasteiger partial charge in [-0.3, -0.25) is 5.41 Å². The number of rotatable bonds is 10. The number of hydrogen-bond acceptors (Lipinski definition) is 7. The molecule has 7 nitrogen and oxygen atoms in total. The lowest BCUT2D eigenvalue weighted by atomic mass is 9.95. The summed E-state index contributed by atoms with van der Waals surface area (Å²) in [6.07, 6.45) is 0.825. The standard InChI is InChI=1S/C32H29Cl3N2O5S/c1-15(2)29(38)18(27(36)26-21(33)6-5-7-22(26)34)14-42-17-8-9-19(23(35)12-17)32(3)13-20(32)30-37-28-24(41-4)10-16(31(39)40)11-25(28)43-30/h5-12,15,20,36,38H,13-14H2,1-4H3,(H,39,40)/b29-18-,36-27?. The number of aromatic carboxylic acids is 1. The fourth-order valence-electron chi connectivity index (χ4n) is 5.18. The van der Waals surface area contributed by atoms with Gasteiger partial charge in [-0.2, -0.15) is 0 Å². The van der Waals surface area contributed by atoms with Crippen molar-refractivity contribution in [2.75, 3.05) is 13.7 Å². The molecule has 0 aliphatic heterocycles. The summed E-state index contributed by atoms with van der Waals surface area (Å²) in [6.45, 7) is 5.68. The molecule has 0 amide bonds. The second kappa shape index (κ2) is 12.0. The highest BCUT2D eigenvalue weighted by Gasteiger charge is 2.54. The molecular weight excluding hydrogens is 631 g/mol. The van der Waals surface area contributed by atoms with Crippen LogP contribution in [0.1, 0.15) is 59.6 Å². The quantitative estimate of drug-likeness (QED) is 0.116. The molecule has 0 radical (unpaired) electrons. The molecule has 1 aliphatic carbocycles. The third-order valence-electron chi connectivity index (χ3n) is 7.79. The average molecular weight is 660 g/mol. The maximum atomic E-state index is 11.6. The number of hydrogen-bond donors (Lipinski definition) is 3. The molecule has 2 unspecified atom stereocenters. The molecule has 2 atom stereocenters. The van der Waals surface area contributed by atoms with Crippen molar-refractivity contribution in [3.8, 4) is 11.5 Å². The number of halogens is 3. The number of carboxylic acids is 1. The third kappa shape index (κ3) is 5.94. The van der Waals surface area contributed by atoms with Gasteiger partial charge in [0.1, 0.15) is 29.4 Å². The number of aliphatic hydroxyl groups excluding tert-OH is 1. The van der Waals surface area contributed by atoms with E-state index in [-0.39, 0.29) is 46.5 Å². The lowest BCUT2D eigenvalue weighted by Crippen LogP contribution is -2.17. The molecule has 1 saturated carbocycles. The molecule has 224 valence electrons. The summed E-state index contributed by atoms with van der Waals surface area (Å²) in [5.74, 6) is -0.248. The maximum absolute atomic E-state index is 11.6. The summed E-state index contributed by atoms with van der Waals surface area (Å²) in [5, 5.41) is 31.1. The highest BCUT2D eigenvalue weighted by Crippen LogP contribution is 2.62. The van der Waals surface area contributed by atoms with Crippen LogP contribution < -0.4 is 9.47 Å². The van der Waals surface area contributed by atoms with E-state index in [1.54, 1.807) is 30.3 Å². The number of carbonyl (C=O) groups is 1. The van der Waals surface area contributed by atoms with Crippen LogP contribution >= 0.6 is 46.1 Å². The fourth-order valence-corrected chi connectivity index (χ4v) is 7.43. The van der Waals surface area contributed by atoms with E-state index in [0.717, 1.165) is 21.7 Å². The van der Waals surface area contributed by atoms with Crippen molar-refractivity contribution in [3.63, 3.8) is 0 Å². The normalized spacial score (nSPS) is 18.5. The van der Waals surface area contributed by atoms with Crippen molar-refractivity contribution in [1.29, 1.82) is 5.41 Å². The van der Waals surface area contributed by atoms with E-state index in [2.05, 4.69) is 6.92 Å². The van der Waals surface area contributed by atoms with Gasteiger partial charge in [0, 0.05) is 27.8 Å². The minimum atomic E-state index is -1.02. The zero-order valence-electron chi connectivity index (χ0n) is 23.8. The molecule has 3 N–H and O–H groups in total. The lowest BCUT2D eigenvalue weighted by molar-refractivity contribution is 0.0696. The Morgan fingerprint density at radius 1 is 1.12 bits per heavy atom. The average Bonchev–Trinajstić information content (AvgIpc) is 3.45. The summed E-state index contributed by atoms with van der Waals surface area (Å²) >= 11 is 21.0. The van der Waals surface area contributed by atoms with Crippen molar-refractivity contribution in [3.05, 3.63) is 96.6 Å². The second-order valence-corrected chi connectivity index (χ2v) is 13.3. The predicted molar refractivity (Wildman–Crippen MR) is 173 cm³/mol. The number of nitrogens with zero attached hydrogens (tertiary/aromatic N) is 1. The van der Waals surface area contributed by atoms with Gasteiger partial charge >= 0.3 is 5.97 Å². The monoisotopic (exact) mass is 658 g/mol. The SMILES string of the molecule is COc1cc(C(=O)O)cc2sc(C3CC3(C)c3ccc(OC/C(C(=N)c4c(Cl)cccc4Cl)=C(/O)C(C)C)cc3Cl)nc12. The number of benzene rings is 3. The van der Waals surface area contributed by atoms with E-state index in [1.165, 1.54) is 24.5 Å². The van der Waals surface area contributed by atoms with E-state index in [1.807, 2.05) is 26.0 Å². The molecule has 0 saturated heterocycles. The van der Waals surface area contributed by atoms with Crippen LogP contribution in [0.3, 0.4) is 0 Å². The van der Waals surface area contributed by atoms with Gasteiger partial charge in [-0.25, -0.2) is 9.78 Å². The summed E-state index contributed by atoms with van der Waals surface area (Å²) in [7, 11) is 1.50. The van der Waals surface area contributed by atoms with E-state index in [4.69, 9.17) is 54.7 Å². The Hall–Kier alpha value is -3.30. The van der Waals surface area contributed by atoms with E-state index in [0.29, 0.717) is 37.6 Å². The van der Waals surface area contributed by atoms with Crippen molar-refractivity contribution in [2.45, 2.75) is 38.5 Å². The lowest BCUT2D eigenvalue weighted by Gasteiger charge is -2.18. The van der Waals surface area contributed by atoms with Gasteiger partial charge in [0.05, 0.1) is 43.7 Å². The van der Waals surface area contributed by atoms with Crippen LogP contribution in [0.15, 0.2) is 59.9 Å². The number of ether oxygens (including phenoxy) is 2. The Labute approximate surface area is 268 Å². The highest BCUT2D eigenvalue weighted by atomic mass is 35.5. The van der Waals surface area contributed by atoms with Gasteiger partial charge < -0.3 is 19.7 Å². The Balaban J connectivity index is 1.37. The maximum Gasteiger partial charge on any atom is 0.335 e. The van der Waals surface area contributed by atoms with Crippen molar-refractivity contribution in [1.82, 2.24) is 4.98 Å². The van der Waals surface area contributed by atoms with Crippen LogP contribution in [-0.4, -0.2) is 40.6 Å². The number of carboxylic acid groups (broad SMARTS) is 1. The van der Waals surface area contributed by atoms with Crippen molar-refractivity contribution < 1.29 is 24.5 Å². The molecular formula is C32H29Cl3N2O5S. The molecule has 4 aromatic rings. The zero-order chi connectivity index (χ0) is 31.2. The second-order valence-electron chi connectivity index (χ2n) is 11.0. The summed E-state index contributed by atoms with van der Waals surface area (Å²) in [4.78, 5) is 16.4. The number of allylic oxidation sites excluding steroid dienone is 1. The van der Waals surface area contributed by atoms with E-state index < -0.39 is 5.97 Å². The van der Waals surface area contributed by atoms with E-state index >= 15 is 0 Å². The molecule has 0 bridgehead atoms. The third-order valence-corrected chi connectivity index (χ3v) is 9.85. The smallest absolute Gasteiger partial charge is 0.335 e. The minimum absolute atomic E-state index is 0.0132. The molecule has 0 spiro atoms. The number of thiazole rings is 1. The van der Waals surface area contributed by atoms with Crippen LogP contribution in [0.25, 0.3) is 10.2 Å². The first kappa shape index (κ1) is 31.1. The fraction of sp³-hybridized carbons (Fsp3) is 0.281. The predicted octanol–water partition coefficient (Wildman–Crippen LogP) is 9.32. The molecule has 1 aromatic heterocycles. The summed E-state index contributed by atoms with van der Waals surface area (Å²) in [5.41, 5.74) is 2.06. The molecule has 1 aliphatic rings. The van der Waals surface area contributed by atoms with Gasteiger partial charge in [-0.1, -0.05) is 67.7 Å². The largest absolute Gasteiger partial charge is 0.512 e. The summed E-state index contributed by atoms with van der Waals surface area (Å²) < 4.78 is 12.2. The van der Waals surface area contributed by atoms with Crippen LogP contribution in [0, 0.1) is 11.3 Å². The van der Waals surface area contributed by atoms with Crippen LogP contribution in [0.4, 0.5) is 0 Å². The Bertz CT molecular complexity index is 1780. The highest BCUT2D eigenvalue weighted by molar-refractivity contribution is 7.18. The van der Waals surface area contributed by atoms with Gasteiger partial charge in [-0.15, -0.1) is 11.3 Å². The Kier molecular flexibility index (Phi) is 8.69. The number of methoxy groups -OCH3 is 1. The van der Waals surface area contributed by atoms with Gasteiger partial charge in [0.15, 0.2) is 0 Å². The van der Waals surface area contributed by atoms with Crippen LogP contribution in [-0.2, 0) is 5.41 Å². The first-order valence-corrected chi connectivity index (χ1v) is 15.4. The Morgan fingerprint density at radius 3 is 2.42 bits per heavy atom. The molecule has 11 heteroatoms. The molecule has 1 fully saturated rings. The van der Waals surface area contributed by atoms with Gasteiger partial charge in [0.2, 0.25) is 0 Å². The van der Waals surface area contributed by atoms with Gasteiger partial charge in [-0.05, 0) is 48.4 Å². The number of fused-ring (bicyclic) bond motifs is 1. The number of aromatic nitrogens is 1. The molecule has 43 heavy (non-hydrogen) atoms. The molecule has 3 aromatic carbocycles. The van der Waals surface area contributed by atoms with E-state index in [9.17, 15) is 15.0 Å². The van der Waals surface area contributed by atoms with Crippen LogP contribution in [0.2, 0.25) is 15.1 Å². The Morgan fingerprint density at radius 2 is 1.81 bits per heavy atom. The molecule has 1 heterocycles. The van der Waals surface area contributed by atoms with Gasteiger partial charge in [0.25, 0.3) is 0 Å². The summed E-state index contributed by atoms with van der Waals surface area (Å²) in [6, 6.07) is 13.6.